The molecular formula is C22H16N4O2. The first-order valence-electron chi connectivity index (χ1n) is 8.59. The van der Waals surface area contributed by atoms with Crippen LogP contribution < -0.4 is 10.1 Å². The molecule has 0 fully saturated rings. The second kappa shape index (κ2) is 7.67. The van der Waals surface area contributed by atoms with Gasteiger partial charge in [0.1, 0.15) is 12.1 Å². The summed E-state index contributed by atoms with van der Waals surface area (Å²) in [5.41, 5.74) is 3.37. The lowest BCUT2D eigenvalue weighted by molar-refractivity contribution is -0.111. The van der Waals surface area contributed by atoms with Crippen molar-refractivity contribution in [1.82, 2.24) is 15.0 Å². The van der Waals surface area contributed by atoms with Crippen LogP contribution in [0.2, 0.25) is 0 Å². The van der Waals surface area contributed by atoms with Crippen molar-refractivity contribution in [2.75, 3.05) is 5.32 Å². The molecule has 0 aliphatic heterocycles. The van der Waals surface area contributed by atoms with Gasteiger partial charge in [-0.05, 0) is 42.0 Å². The molecule has 136 valence electrons. The number of anilines is 1. The Morgan fingerprint density at radius 2 is 1.96 bits per heavy atom. The number of aromatic nitrogens is 3. The number of carbonyl (C=O) groups is 1. The standard InChI is InChI=1S/C22H16N4O2/c1-2-21(27)26-17-6-3-7-18(12-17)28-22-19-11-15(16-5-4-10-23-13-16)8-9-20(19)24-14-25-22/h2-14H,1H2,(H,26,27). The van der Waals surface area contributed by atoms with E-state index in [0.29, 0.717) is 17.3 Å². The number of rotatable bonds is 5. The van der Waals surface area contributed by atoms with Crippen LogP contribution in [0.15, 0.2) is 86.0 Å². The molecule has 6 nitrogen and oxygen atoms in total. The number of ether oxygens (including phenoxy) is 1. The fraction of sp³-hybridized carbons (Fsp3) is 0. The second-order valence-corrected chi connectivity index (χ2v) is 5.98. The molecule has 0 unspecified atom stereocenters. The van der Waals surface area contributed by atoms with E-state index in [2.05, 4.69) is 26.8 Å². The highest BCUT2D eigenvalue weighted by atomic mass is 16.5. The number of benzene rings is 2. The fourth-order valence-electron chi connectivity index (χ4n) is 2.77. The summed E-state index contributed by atoms with van der Waals surface area (Å²) in [6, 6.07) is 16.8. The Labute approximate surface area is 161 Å². The molecule has 1 N–H and O–H groups in total. The third-order valence-electron chi connectivity index (χ3n) is 4.10. The molecule has 4 aromatic rings. The zero-order valence-corrected chi connectivity index (χ0v) is 14.9. The van der Waals surface area contributed by atoms with E-state index in [1.807, 2.05) is 30.3 Å². The molecule has 0 atom stereocenters. The average Bonchev–Trinajstić information content (AvgIpc) is 2.74. The number of amides is 1. The predicted octanol–water partition coefficient (Wildman–Crippen LogP) is 4.61. The molecule has 4 rings (SSSR count). The van der Waals surface area contributed by atoms with Gasteiger partial charge in [-0.3, -0.25) is 9.78 Å². The Morgan fingerprint density at radius 1 is 1.04 bits per heavy atom. The maximum Gasteiger partial charge on any atom is 0.247 e. The minimum absolute atomic E-state index is 0.286. The molecule has 1 amide bonds. The zero-order chi connectivity index (χ0) is 19.3. The van der Waals surface area contributed by atoms with Crippen LogP contribution in [0.3, 0.4) is 0 Å². The third kappa shape index (κ3) is 3.71. The molecular weight excluding hydrogens is 352 g/mol. The third-order valence-corrected chi connectivity index (χ3v) is 4.10. The van der Waals surface area contributed by atoms with Gasteiger partial charge in [-0.2, -0.15) is 0 Å². The first-order valence-corrected chi connectivity index (χ1v) is 8.59. The lowest BCUT2D eigenvalue weighted by atomic mass is 10.1. The molecule has 0 aliphatic carbocycles. The summed E-state index contributed by atoms with van der Waals surface area (Å²) in [5.74, 6) is 0.697. The molecule has 0 radical (unpaired) electrons. The van der Waals surface area contributed by atoms with Crippen molar-refractivity contribution in [3.8, 4) is 22.8 Å². The highest BCUT2D eigenvalue weighted by molar-refractivity contribution is 5.99. The maximum absolute atomic E-state index is 11.5. The van der Waals surface area contributed by atoms with Crippen molar-refractivity contribution in [1.29, 1.82) is 0 Å². The number of hydrogen-bond donors (Lipinski definition) is 1. The highest BCUT2D eigenvalue weighted by Crippen LogP contribution is 2.31. The number of nitrogens with zero attached hydrogens (tertiary/aromatic N) is 3. The molecule has 28 heavy (non-hydrogen) atoms. The van der Waals surface area contributed by atoms with E-state index < -0.39 is 0 Å². The van der Waals surface area contributed by atoms with E-state index in [0.717, 1.165) is 22.0 Å². The molecule has 0 bridgehead atoms. The van der Waals surface area contributed by atoms with Gasteiger partial charge in [0.2, 0.25) is 11.8 Å². The van der Waals surface area contributed by atoms with E-state index in [4.69, 9.17) is 4.74 Å². The van der Waals surface area contributed by atoms with Crippen LogP contribution in [0.4, 0.5) is 5.69 Å². The summed E-state index contributed by atoms with van der Waals surface area (Å²) in [6.07, 6.45) is 6.22. The zero-order valence-electron chi connectivity index (χ0n) is 14.9. The van der Waals surface area contributed by atoms with E-state index in [9.17, 15) is 4.79 Å². The van der Waals surface area contributed by atoms with Crippen molar-refractivity contribution in [3.05, 3.63) is 86.0 Å². The van der Waals surface area contributed by atoms with Gasteiger partial charge in [-0.25, -0.2) is 9.97 Å². The topological polar surface area (TPSA) is 77.0 Å². The number of nitrogens with one attached hydrogen (secondary N) is 1. The lowest BCUT2D eigenvalue weighted by Crippen LogP contribution is -2.07. The molecule has 0 aliphatic rings. The normalized spacial score (nSPS) is 10.4. The van der Waals surface area contributed by atoms with Gasteiger partial charge >= 0.3 is 0 Å². The summed E-state index contributed by atoms with van der Waals surface area (Å²) in [7, 11) is 0. The van der Waals surface area contributed by atoms with Crippen molar-refractivity contribution in [3.63, 3.8) is 0 Å². The molecule has 0 saturated heterocycles. The van der Waals surface area contributed by atoms with Crippen LogP contribution in [-0.2, 0) is 4.79 Å². The van der Waals surface area contributed by atoms with Crippen LogP contribution in [0.25, 0.3) is 22.0 Å². The first-order chi connectivity index (χ1) is 13.7. The first kappa shape index (κ1) is 17.4. The maximum atomic E-state index is 11.5. The molecule has 2 heterocycles. The van der Waals surface area contributed by atoms with E-state index in [-0.39, 0.29) is 5.91 Å². The summed E-state index contributed by atoms with van der Waals surface area (Å²) < 4.78 is 5.99. The van der Waals surface area contributed by atoms with Crippen LogP contribution >= 0.6 is 0 Å². The lowest BCUT2D eigenvalue weighted by Gasteiger charge is -2.10. The van der Waals surface area contributed by atoms with Crippen molar-refractivity contribution in [2.24, 2.45) is 0 Å². The largest absolute Gasteiger partial charge is 0.438 e. The van der Waals surface area contributed by atoms with Crippen LogP contribution in [-0.4, -0.2) is 20.9 Å². The predicted molar refractivity (Wildman–Crippen MR) is 108 cm³/mol. The van der Waals surface area contributed by atoms with E-state index in [1.54, 1.807) is 36.7 Å². The van der Waals surface area contributed by atoms with Gasteiger partial charge in [0.25, 0.3) is 0 Å². The Balaban J connectivity index is 1.70. The van der Waals surface area contributed by atoms with Crippen LogP contribution in [0, 0.1) is 0 Å². The van der Waals surface area contributed by atoms with Crippen molar-refractivity contribution < 1.29 is 9.53 Å². The Hall–Kier alpha value is -4.06. The highest BCUT2D eigenvalue weighted by Gasteiger charge is 2.09. The van der Waals surface area contributed by atoms with Gasteiger partial charge in [0.15, 0.2) is 0 Å². The molecule has 0 saturated carbocycles. The van der Waals surface area contributed by atoms with Gasteiger partial charge in [0, 0.05) is 29.7 Å². The van der Waals surface area contributed by atoms with Crippen molar-refractivity contribution in [2.45, 2.75) is 0 Å². The summed E-state index contributed by atoms with van der Waals surface area (Å²) in [5, 5.41) is 3.49. The smallest absolute Gasteiger partial charge is 0.247 e. The van der Waals surface area contributed by atoms with Gasteiger partial charge < -0.3 is 10.1 Å². The van der Waals surface area contributed by atoms with Crippen LogP contribution in [0.1, 0.15) is 0 Å². The minimum atomic E-state index is -0.286. The quantitative estimate of drug-likeness (QED) is 0.521. The van der Waals surface area contributed by atoms with E-state index in [1.165, 1.54) is 12.4 Å². The monoisotopic (exact) mass is 368 g/mol. The van der Waals surface area contributed by atoms with Crippen LogP contribution in [0.5, 0.6) is 11.6 Å². The summed E-state index contributed by atoms with van der Waals surface area (Å²) >= 11 is 0. The SMILES string of the molecule is C=CC(=O)Nc1cccc(Oc2ncnc3ccc(-c4cccnc4)cc23)c1. The average molecular weight is 368 g/mol. The van der Waals surface area contributed by atoms with Crippen molar-refractivity contribution >= 4 is 22.5 Å². The molecule has 6 heteroatoms. The molecule has 0 spiro atoms. The number of pyridine rings is 1. The number of fused-ring (bicyclic) bond motifs is 1. The van der Waals surface area contributed by atoms with Gasteiger partial charge in [-0.1, -0.05) is 24.8 Å². The fourth-order valence-corrected chi connectivity index (χ4v) is 2.77. The van der Waals surface area contributed by atoms with Gasteiger partial charge in [0.05, 0.1) is 10.9 Å². The Morgan fingerprint density at radius 3 is 2.79 bits per heavy atom. The second-order valence-electron chi connectivity index (χ2n) is 5.98. The molecule has 2 aromatic heterocycles. The van der Waals surface area contributed by atoms with Gasteiger partial charge in [-0.15, -0.1) is 0 Å². The summed E-state index contributed by atoms with van der Waals surface area (Å²) in [6.45, 7) is 3.45. The Kier molecular flexibility index (Phi) is 4.76. The van der Waals surface area contributed by atoms with E-state index >= 15 is 0 Å². The number of carbonyl (C=O) groups excluding carboxylic acids is 1. The Bertz CT molecular complexity index is 1160. The minimum Gasteiger partial charge on any atom is -0.438 e. The summed E-state index contributed by atoms with van der Waals surface area (Å²) in [4.78, 5) is 24.3. The number of hydrogen-bond acceptors (Lipinski definition) is 5. The molecule has 2 aromatic carbocycles.